The lowest BCUT2D eigenvalue weighted by molar-refractivity contribution is 0.422. The second-order valence-corrected chi connectivity index (χ2v) is 5.93. The second-order valence-electron chi connectivity index (χ2n) is 5.12. The van der Waals surface area contributed by atoms with Gasteiger partial charge in [-0.25, -0.2) is 0 Å². The van der Waals surface area contributed by atoms with Crippen LogP contribution in [-0.2, 0) is 0 Å². The molecule has 1 atom stereocenters. The number of anilines is 1. The Labute approximate surface area is 107 Å². The summed E-state index contributed by atoms with van der Waals surface area (Å²) in [5.41, 5.74) is 1.82. The maximum Gasteiger partial charge on any atom is 0.208 e. The Morgan fingerprint density at radius 2 is 2.41 bits per heavy atom. The fourth-order valence-electron chi connectivity index (χ4n) is 2.30. The number of hydrogen-bond acceptors (Lipinski definition) is 5. The number of aromatic nitrogens is 2. The van der Waals surface area contributed by atoms with Crippen LogP contribution in [0.25, 0.3) is 0 Å². The first-order valence-electron chi connectivity index (χ1n) is 6.51. The fraction of sp³-hybridized carbons (Fsp3) is 0.833. The zero-order chi connectivity index (χ0) is 12.1. The van der Waals surface area contributed by atoms with Crippen LogP contribution in [0.15, 0.2) is 5.51 Å². The molecular weight excluding hydrogens is 232 g/mol. The van der Waals surface area contributed by atoms with Crippen molar-refractivity contribution in [2.75, 3.05) is 24.5 Å². The Hall–Kier alpha value is -0.680. The van der Waals surface area contributed by atoms with E-state index < -0.39 is 0 Å². The molecule has 1 fully saturated rings. The van der Waals surface area contributed by atoms with Gasteiger partial charge in [0.1, 0.15) is 5.51 Å². The van der Waals surface area contributed by atoms with Crippen molar-refractivity contribution in [3.63, 3.8) is 0 Å². The molecule has 0 aliphatic carbocycles. The molecule has 1 N–H and O–H groups in total. The number of piperidine rings is 1. The summed E-state index contributed by atoms with van der Waals surface area (Å²) in [7, 11) is 0. The molecule has 2 rings (SSSR count). The number of nitrogens with zero attached hydrogens (tertiary/aromatic N) is 3. The van der Waals surface area contributed by atoms with E-state index in [-0.39, 0.29) is 0 Å². The zero-order valence-electron chi connectivity index (χ0n) is 10.7. The van der Waals surface area contributed by atoms with Crippen LogP contribution in [0.5, 0.6) is 0 Å². The Bertz CT molecular complexity index is 312. The van der Waals surface area contributed by atoms with Crippen LogP contribution >= 0.6 is 11.3 Å². The predicted octanol–water partition coefficient (Wildman–Crippen LogP) is 2.14. The lowest BCUT2D eigenvalue weighted by Crippen LogP contribution is -2.46. The molecule has 1 aromatic heterocycles. The number of nitrogens with one attached hydrogen (secondary N) is 1. The van der Waals surface area contributed by atoms with Gasteiger partial charge in [0.15, 0.2) is 0 Å². The summed E-state index contributed by atoms with van der Waals surface area (Å²) < 4.78 is 0. The Balaban J connectivity index is 1.89. The molecule has 17 heavy (non-hydrogen) atoms. The average Bonchev–Trinajstić information content (AvgIpc) is 2.82. The molecule has 0 spiro atoms. The van der Waals surface area contributed by atoms with Crippen LogP contribution < -0.4 is 10.2 Å². The smallest absolute Gasteiger partial charge is 0.208 e. The monoisotopic (exact) mass is 254 g/mol. The highest BCUT2D eigenvalue weighted by Crippen LogP contribution is 2.25. The molecule has 1 aliphatic rings. The van der Waals surface area contributed by atoms with Crippen molar-refractivity contribution >= 4 is 16.5 Å². The first-order valence-corrected chi connectivity index (χ1v) is 7.39. The van der Waals surface area contributed by atoms with Gasteiger partial charge in [0.05, 0.1) is 0 Å². The minimum Gasteiger partial charge on any atom is -0.342 e. The van der Waals surface area contributed by atoms with Gasteiger partial charge in [-0.2, -0.15) is 0 Å². The Kier molecular flexibility index (Phi) is 4.74. The molecule has 0 bridgehead atoms. The maximum atomic E-state index is 4.20. The van der Waals surface area contributed by atoms with Crippen molar-refractivity contribution in [2.24, 2.45) is 5.92 Å². The lowest BCUT2D eigenvalue weighted by atomic mass is 10.0. The van der Waals surface area contributed by atoms with Gasteiger partial charge in [-0.3, -0.25) is 0 Å². The second kappa shape index (κ2) is 6.31. The summed E-state index contributed by atoms with van der Waals surface area (Å²) >= 11 is 1.65. The summed E-state index contributed by atoms with van der Waals surface area (Å²) in [6.45, 7) is 7.79. The van der Waals surface area contributed by atoms with E-state index in [0.717, 1.165) is 24.8 Å². The minimum absolute atomic E-state index is 0.593. The van der Waals surface area contributed by atoms with Gasteiger partial charge in [0, 0.05) is 19.1 Å². The molecule has 96 valence electrons. The van der Waals surface area contributed by atoms with E-state index in [0.29, 0.717) is 12.0 Å². The van der Waals surface area contributed by atoms with Gasteiger partial charge in [0.25, 0.3) is 0 Å². The van der Waals surface area contributed by atoms with Gasteiger partial charge in [-0.05, 0) is 31.7 Å². The zero-order valence-corrected chi connectivity index (χ0v) is 11.5. The predicted molar refractivity (Wildman–Crippen MR) is 72.6 cm³/mol. The summed E-state index contributed by atoms with van der Waals surface area (Å²) in [6.07, 6.45) is 3.88. The molecule has 1 unspecified atom stereocenters. The van der Waals surface area contributed by atoms with Gasteiger partial charge >= 0.3 is 0 Å². The highest BCUT2D eigenvalue weighted by molar-refractivity contribution is 7.13. The first kappa shape index (κ1) is 12.8. The molecule has 0 aromatic carbocycles. The molecule has 0 amide bonds. The van der Waals surface area contributed by atoms with Crippen LogP contribution in [-0.4, -0.2) is 35.9 Å². The summed E-state index contributed by atoms with van der Waals surface area (Å²) in [4.78, 5) is 2.43. The Morgan fingerprint density at radius 3 is 3.12 bits per heavy atom. The van der Waals surface area contributed by atoms with Crippen LogP contribution in [0, 0.1) is 5.92 Å². The largest absolute Gasteiger partial charge is 0.342 e. The molecule has 2 heterocycles. The number of rotatable bonds is 5. The van der Waals surface area contributed by atoms with Crippen molar-refractivity contribution in [3.05, 3.63) is 5.51 Å². The van der Waals surface area contributed by atoms with Crippen molar-refractivity contribution < 1.29 is 0 Å². The SMILES string of the molecule is CC(C)CNCC1CCCCN1c1nncs1. The molecule has 1 aromatic rings. The highest BCUT2D eigenvalue weighted by Gasteiger charge is 2.24. The van der Waals surface area contributed by atoms with E-state index in [2.05, 4.69) is 34.3 Å². The third kappa shape index (κ3) is 3.64. The summed E-state index contributed by atoms with van der Waals surface area (Å²) in [5.74, 6) is 0.716. The fourth-order valence-corrected chi connectivity index (χ4v) is 2.95. The van der Waals surface area contributed by atoms with E-state index in [1.165, 1.54) is 19.3 Å². The first-order chi connectivity index (χ1) is 8.27. The molecule has 1 aliphatic heterocycles. The lowest BCUT2D eigenvalue weighted by Gasteiger charge is -2.35. The maximum absolute atomic E-state index is 4.20. The van der Waals surface area contributed by atoms with Gasteiger partial charge in [0.2, 0.25) is 5.13 Å². The average molecular weight is 254 g/mol. The van der Waals surface area contributed by atoms with Gasteiger partial charge < -0.3 is 10.2 Å². The quantitative estimate of drug-likeness (QED) is 0.874. The molecule has 0 radical (unpaired) electrons. The molecular formula is C12H22N4S. The van der Waals surface area contributed by atoms with E-state index in [9.17, 15) is 0 Å². The summed E-state index contributed by atoms with van der Waals surface area (Å²) in [6, 6.07) is 0.593. The standard InChI is InChI=1S/C12H22N4S/c1-10(2)7-13-8-11-5-3-4-6-16(11)12-15-14-9-17-12/h9-11,13H,3-8H2,1-2H3. The highest BCUT2D eigenvalue weighted by atomic mass is 32.1. The molecule has 5 heteroatoms. The molecule has 0 saturated carbocycles. The van der Waals surface area contributed by atoms with Crippen LogP contribution in [0.3, 0.4) is 0 Å². The van der Waals surface area contributed by atoms with Crippen molar-refractivity contribution in [3.8, 4) is 0 Å². The van der Waals surface area contributed by atoms with Crippen LogP contribution in [0.1, 0.15) is 33.1 Å². The van der Waals surface area contributed by atoms with E-state index in [1.807, 2.05) is 5.51 Å². The Morgan fingerprint density at radius 1 is 1.53 bits per heavy atom. The topological polar surface area (TPSA) is 41.0 Å². The normalized spacial score (nSPS) is 21.1. The minimum atomic E-state index is 0.593. The van der Waals surface area contributed by atoms with Crippen molar-refractivity contribution in [1.82, 2.24) is 15.5 Å². The third-order valence-electron chi connectivity index (χ3n) is 3.15. The van der Waals surface area contributed by atoms with Crippen LogP contribution in [0.4, 0.5) is 5.13 Å². The molecule has 1 saturated heterocycles. The van der Waals surface area contributed by atoms with Gasteiger partial charge in [-0.1, -0.05) is 25.2 Å². The van der Waals surface area contributed by atoms with Crippen LogP contribution in [0.2, 0.25) is 0 Å². The van der Waals surface area contributed by atoms with Gasteiger partial charge in [-0.15, -0.1) is 10.2 Å². The van der Waals surface area contributed by atoms with E-state index >= 15 is 0 Å². The summed E-state index contributed by atoms with van der Waals surface area (Å²) in [5, 5.41) is 12.8. The van der Waals surface area contributed by atoms with E-state index in [4.69, 9.17) is 0 Å². The van der Waals surface area contributed by atoms with Crippen molar-refractivity contribution in [2.45, 2.75) is 39.2 Å². The number of hydrogen-bond donors (Lipinski definition) is 1. The molecule has 4 nitrogen and oxygen atoms in total. The third-order valence-corrected chi connectivity index (χ3v) is 3.88. The van der Waals surface area contributed by atoms with E-state index in [1.54, 1.807) is 11.3 Å². The van der Waals surface area contributed by atoms with Crippen molar-refractivity contribution in [1.29, 1.82) is 0 Å².